The van der Waals surface area contributed by atoms with E-state index in [0.717, 1.165) is 16.5 Å². The number of amides is 1. The highest BCUT2D eigenvalue weighted by Crippen LogP contribution is 2.28. The predicted molar refractivity (Wildman–Crippen MR) is 109 cm³/mol. The van der Waals surface area contributed by atoms with Crippen LogP contribution in [0.15, 0.2) is 51.7 Å². The van der Waals surface area contributed by atoms with Crippen LogP contribution in [0.5, 0.6) is 5.75 Å². The van der Waals surface area contributed by atoms with Gasteiger partial charge in [0.05, 0.1) is 5.69 Å². The molecule has 3 rings (SSSR count). The predicted octanol–water partition coefficient (Wildman–Crippen LogP) is 4.14. The summed E-state index contributed by atoms with van der Waals surface area (Å²) in [5, 5.41) is 10.3. The minimum Gasteiger partial charge on any atom is -0.422 e. The van der Waals surface area contributed by atoms with Crippen molar-refractivity contribution in [2.45, 2.75) is 11.8 Å². The Morgan fingerprint density at radius 1 is 1.21 bits per heavy atom. The third-order valence-electron chi connectivity index (χ3n) is 4.23. The summed E-state index contributed by atoms with van der Waals surface area (Å²) in [7, 11) is 3.17. The largest absolute Gasteiger partial charge is 0.422 e. The molecule has 0 unspecified atom stereocenters. The number of alkyl halides is 1. The lowest BCUT2D eigenvalue weighted by molar-refractivity contribution is 0.172. The normalized spacial score (nSPS) is 10.7. The van der Waals surface area contributed by atoms with Crippen LogP contribution in [0.2, 0.25) is 0 Å². The smallest absolute Gasteiger partial charge is 0.414 e. The van der Waals surface area contributed by atoms with Gasteiger partial charge < -0.3 is 14.1 Å². The van der Waals surface area contributed by atoms with Gasteiger partial charge >= 0.3 is 11.7 Å². The quantitative estimate of drug-likeness (QED) is 0.347. The molecule has 3 aromatic rings. The first-order chi connectivity index (χ1) is 13.4. The molecular weight excluding hydrogens is 428 g/mol. The zero-order chi connectivity index (χ0) is 20.3. The Labute approximate surface area is 169 Å². The lowest BCUT2D eigenvalue weighted by atomic mass is 9.99. The van der Waals surface area contributed by atoms with Crippen molar-refractivity contribution in [1.29, 1.82) is 0 Å². The maximum absolute atomic E-state index is 12.6. The maximum Gasteiger partial charge on any atom is 0.414 e. The van der Waals surface area contributed by atoms with Crippen LogP contribution < -0.4 is 15.8 Å². The van der Waals surface area contributed by atoms with Gasteiger partial charge in [-0.3, -0.25) is 10.7 Å². The van der Waals surface area contributed by atoms with Crippen molar-refractivity contribution in [3.8, 4) is 5.75 Å². The Kier molecular flexibility index (Phi) is 6.01. The van der Waals surface area contributed by atoms with Crippen molar-refractivity contribution in [3.63, 3.8) is 0 Å². The SMILES string of the molecule is CN(C)C(=O)Oc1ccc2c(CBr)c(Cc3cccc(NO)c3)c(=O)oc2c1. The lowest BCUT2D eigenvalue weighted by Crippen LogP contribution is -2.25. The second-order valence-electron chi connectivity index (χ2n) is 6.39. The van der Waals surface area contributed by atoms with Crippen LogP contribution in [0.3, 0.4) is 0 Å². The molecular formula is C20H19BrN2O5. The molecule has 0 atom stereocenters. The summed E-state index contributed by atoms with van der Waals surface area (Å²) >= 11 is 3.46. The number of benzene rings is 2. The number of hydrogen-bond donors (Lipinski definition) is 2. The number of nitrogens with one attached hydrogen (secondary N) is 1. The zero-order valence-corrected chi connectivity index (χ0v) is 16.9. The van der Waals surface area contributed by atoms with E-state index in [9.17, 15) is 9.59 Å². The lowest BCUT2D eigenvalue weighted by Gasteiger charge is -2.13. The van der Waals surface area contributed by atoms with Gasteiger partial charge in [-0.05, 0) is 35.4 Å². The third-order valence-corrected chi connectivity index (χ3v) is 4.79. The minimum atomic E-state index is -0.517. The fourth-order valence-corrected chi connectivity index (χ4v) is 3.47. The van der Waals surface area contributed by atoms with Crippen LogP contribution in [0.1, 0.15) is 16.7 Å². The number of hydrogen-bond acceptors (Lipinski definition) is 6. The van der Waals surface area contributed by atoms with Gasteiger partial charge in [0.25, 0.3) is 0 Å². The summed E-state index contributed by atoms with van der Waals surface area (Å²) in [6.45, 7) is 0. The van der Waals surface area contributed by atoms with Crippen LogP contribution in [0.4, 0.5) is 10.5 Å². The number of ether oxygens (including phenoxy) is 1. The van der Waals surface area contributed by atoms with Gasteiger partial charge in [0.2, 0.25) is 0 Å². The molecule has 146 valence electrons. The summed E-state index contributed by atoms with van der Waals surface area (Å²) in [6, 6.07) is 12.1. The molecule has 7 nitrogen and oxygen atoms in total. The topological polar surface area (TPSA) is 92.0 Å². The van der Waals surface area contributed by atoms with Gasteiger partial charge in [-0.25, -0.2) is 9.59 Å². The first-order valence-corrected chi connectivity index (χ1v) is 9.58. The van der Waals surface area contributed by atoms with Crippen molar-refractivity contribution >= 4 is 38.7 Å². The van der Waals surface area contributed by atoms with E-state index in [0.29, 0.717) is 34.3 Å². The molecule has 0 saturated carbocycles. The van der Waals surface area contributed by atoms with Gasteiger partial charge in [0.15, 0.2) is 0 Å². The average molecular weight is 447 g/mol. The average Bonchev–Trinajstić information content (AvgIpc) is 2.68. The Balaban J connectivity index is 2.03. The van der Waals surface area contributed by atoms with E-state index in [4.69, 9.17) is 14.4 Å². The van der Waals surface area contributed by atoms with Crippen LogP contribution in [-0.4, -0.2) is 30.3 Å². The molecule has 28 heavy (non-hydrogen) atoms. The number of nitrogens with zero attached hydrogens (tertiary/aromatic N) is 1. The molecule has 2 aromatic carbocycles. The molecule has 0 radical (unpaired) electrons. The number of fused-ring (bicyclic) bond motifs is 1. The third kappa shape index (κ3) is 4.18. The fraction of sp³-hybridized carbons (Fsp3) is 0.200. The summed E-state index contributed by atoms with van der Waals surface area (Å²) in [6.07, 6.45) is -0.164. The van der Waals surface area contributed by atoms with E-state index in [1.54, 1.807) is 44.4 Å². The molecule has 0 aliphatic carbocycles. The monoisotopic (exact) mass is 446 g/mol. The second kappa shape index (κ2) is 8.45. The van der Waals surface area contributed by atoms with E-state index in [-0.39, 0.29) is 0 Å². The van der Waals surface area contributed by atoms with Crippen molar-refractivity contribution < 1.29 is 19.2 Å². The van der Waals surface area contributed by atoms with Crippen molar-refractivity contribution in [1.82, 2.24) is 4.90 Å². The van der Waals surface area contributed by atoms with E-state index in [1.807, 2.05) is 6.07 Å². The first-order valence-electron chi connectivity index (χ1n) is 8.45. The number of rotatable bonds is 5. The molecule has 0 bridgehead atoms. The molecule has 0 spiro atoms. The first kappa shape index (κ1) is 19.9. The number of carbonyl (C=O) groups excluding carboxylic acids is 1. The fourth-order valence-electron chi connectivity index (χ4n) is 2.83. The van der Waals surface area contributed by atoms with Gasteiger partial charge in [-0.2, -0.15) is 0 Å². The van der Waals surface area contributed by atoms with Crippen LogP contribution >= 0.6 is 15.9 Å². The molecule has 2 N–H and O–H groups in total. The van der Waals surface area contributed by atoms with Crippen LogP contribution in [0, 0.1) is 0 Å². The molecule has 1 amide bonds. The van der Waals surface area contributed by atoms with Crippen molar-refractivity contribution in [2.24, 2.45) is 0 Å². The highest BCUT2D eigenvalue weighted by molar-refractivity contribution is 9.08. The van der Waals surface area contributed by atoms with Gasteiger partial charge in [0.1, 0.15) is 11.3 Å². The van der Waals surface area contributed by atoms with E-state index in [2.05, 4.69) is 21.4 Å². The van der Waals surface area contributed by atoms with Gasteiger partial charge in [-0.15, -0.1) is 0 Å². The molecule has 0 aliphatic heterocycles. The Morgan fingerprint density at radius 2 is 2.00 bits per heavy atom. The van der Waals surface area contributed by atoms with Gasteiger partial charge in [-0.1, -0.05) is 28.1 Å². The van der Waals surface area contributed by atoms with Crippen LogP contribution in [-0.2, 0) is 11.8 Å². The zero-order valence-electron chi connectivity index (χ0n) is 15.4. The van der Waals surface area contributed by atoms with E-state index < -0.39 is 11.7 Å². The van der Waals surface area contributed by atoms with Gasteiger partial charge in [0, 0.05) is 42.9 Å². The summed E-state index contributed by atoms with van der Waals surface area (Å²) in [4.78, 5) is 25.7. The molecule has 0 saturated heterocycles. The van der Waals surface area contributed by atoms with Crippen molar-refractivity contribution in [3.05, 3.63) is 69.6 Å². The molecule has 0 fully saturated rings. The molecule has 1 heterocycles. The Bertz CT molecular complexity index is 1080. The van der Waals surface area contributed by atoms with E-state index >= 15 is 0 Å². The highest BCUT2D eigenvalue weighted by Gasteiger charge is 2.16. The van der Waals surface area contributed by atoms with Crippen molar-refractivity contribution in [2.75, 3.05) is 19.6 Å². The summed E-state index contributed by atoms with van der Waals surface area (Å²) in [5.41, 5.74) is 4.71. The molecule has 0 aliphatic rings. The summed E-state index contributed by atoms with van der Waals surface area (Å²) in [5.74, 6) is 0.296. The Morgan fingerprint density at radius 3 is 2.68 bits per heavy atom. The second-order valence-corrected chi connectivity index (χ2v) is 6.95. The minimum absolute atomic E-state index is 0.296. The molecule has 8 heteroatoms. The number of carbonyl (C=O) groups is 1. The standard InChI is InChI=1S/C20H19BrN2O5/c1-23(2)20(25)27-14-6-7-15-17(11-21)16(19(24)28-18(15)10-14)9-12-4-3-5-13(8-12)22-26/h3-8,10,22,26H,9,11H2,1-2H3. The Hall–Kier alpha value is -2.84. The highest BCUT2D eigenvalue weighted by atomic mass is 79.9. The molecule has 1 aromatic heterocycles. The van der Waals surface area contributed by atoms with Crippen LogP contribution in [0.25, 0.3) is 11.0 Å². The number of anilines is 1. The van der Waals surface area contributed by atoms with E-state index in [1.165, 1.54) is 11.0 Å². The number of halogens is 1. The summed E-state index contributed by atoms with van der Waals surface area (Å²) < 4.78 is 10.7. The maximum atomic E-state index is 12.6.